The Labute approximate surface area is 747 Å². The number of fused-ring (bicyclic) bond motifs is 12. The molecule has 0 aliphatic heterocycles. The molecule has 0 N–H and O–H groups in total. The summed E-state index contributed by atoms with van der Waals surface area (Å²) in [4.78, 5) is 7.64. The second-order valence-corrected chi connectivity index (χ2v) is 34.8. The van der Waals surface area contributed by atoms with Gasteiger partial charge >= 0.3 is 0 Å². The van der Waals surface area contributed by atoms with E-state index in [1.807, 2.05) is 133 Å². The molecule has 0 bridgehead atoms. The number of hydrogen-bond donors (Lipinski definition) is 0. The number of nitriles is 2. The maximum absolute atomic E-state index is 9.99. The molecule has 8 heterocycles. The van der Waals surface area contributed by atoms with Crippen LogP contribution in [0.15, 0.2) is 309 Å². The van der Waals surface area contributed by atoms with Gasteiger partial charge in [0, 0.05) is 91.6 Å². The van der Waals surface area contributed by atoms with Crippen molar-refractivity contribution in [3.8, 4) is 102 Å². The Bertz CT molecular complexity index is 7880. The largest absolute Gasteiger partial charge is 0.466 e. The van der Waals surface area contributed by atoms with E-state index in [0.717, 1.165) is 194 Å². The standard InChI is InChI=1S/4C29H25N2O/c1-18(2)20-10-12-21(13-11-20)22-16-24-23-14-9-19(3)27(26-8-6-7-15-31(26)5)29(23)32-28(24)25(17-22)30-4;1-18(2)20-10-12-21(13-11-20)23-16-24-22-14-9-19(3)28(26-8-6-7-15-31(26)5)29(22)32-27(24)17-25(23)30-4;1-18(2)20-9-11-21(12-10-20)22-15-23(17-30)28-24-13-8-19(3)27(29(24)32-26(28)16-22)25-7-5-6-14-31(25)4;1-18(2)20-8-10-21(11-9-20)22-12-13-24-26(16-22)32-29-27(25-7-5-6-14-31(25)4)19(3)15-23(17-30)28(24)29/h2*6-18H,1-3,5H3;2*5-16,18H,1-4H3/q4*+1. The lowest BCUT2D eigenvalue weighted by atomic mass is 9.95. The molecule has 0 unspecified atom stereocenters. The first kappa shape index (κ1) is 84.6. The molecule has 0 fully saturated rings. The molecule has 0 saturated heterocycles. The van der Waals surface area contributed by atoms with Crippen LogP contribution in [0.25, 0.3) is 187 Å². The Morgan fingerprint density at radius 1 is 0.281 bits per heavy atom. The molecule has 20 aromatic rings. The van der Waals surface area contributed by atoms with Gasteiger partial charge < -0.3 is 17.7 Å². The molecule has 12 aromatic carbocycles. The van der Waals surface area contributed by atoms with Crippen LogP contribution in [0.1, 0.15) is 135 Å². The minimum absolute atomic E-state index is 0.477. The normalized spacial score (nSPS) is 11.4. The Morgan fingerprint density at radius 2 is 0.641 bits per heavy atom. The van der Waals surface area contributed by atoms with E-state index >= 15 is 0 Å². The summed E-state index contributed by atoms with van der Waals surface area (Å²) < 4.78 is 34.2. The van der Waals surface area contributed by atoms with Crippen molar-refractivity contribution in [3.63, 3.8) is 0 Å². The quantitative estimate of drug-likeness (QED) is 0.0886. The molecule has 0 atom stereocenters. The second kappa shape index (κ2) is 35.2. The van der Waals surface area contributed by atoms with Gasteiger partial charge in [-0.1, -0.05) is 201 Å². The number of nitrogens with zero attached hydrogens (tertiary/aromatic N) is 8. The van der Waals surface area contributed by atoms with Crippen LogP contribution >= 0.6 is 0 Å². The first-order chi connectivity index (χ1) is 61.9. The smallest absolute Gasteiger partial charge is 0.230 e. The zero-order valence-electron chi connectivity index (χ0n) is 75.2. The summed E-state index contributed by atoms with van der Waals surface area (Å²) in [6, 6.07) is 97.0. The Balaban J connectivity index is 0.000000120. The fourth-order valence-corrected chi connectivity index (χ4v) is 17.9. The Morgan fingerprint density at radius 3 is 1.09 bits per heavy atom. The number of furan rings is 4. The van der Waals surface area contributed by atoms with Gasteiger partial charge in [0.1, 0.15) is 67.3 Å². The average Bonchev–Trinajstić information content (AvgIpc) is 1.60. The molecular formula is C116H100N8O4+4. The lowest BCUT2D eigenvalue weighted by Crippen LogP contribution is -2.30. The highest BCUT2D eigenvalue weighted by Gasteiger charge is 2.29. The van der Waals surface area contributed by atoms with Gasteiger partial charge in [-0.2, -0.15) is 10.5 Å². The lowest BCUT2D eigenvalue weighted by Gasteiger charge is -2.09. The number of pyridine rings is 4. The number of benzene rings is 12. The first-order valence-electron chi connectivity index (χ1n) is 43.7. The van der Waals surface area contributed by atoms with Crippen LogP contribution in [-0.4, -0.2) is 0 Å². The molecule has 0 spiro atoms. The monoisotopic (exact) mass is 1670 g/mol. The van der Waals surface area contributed by atoms with Crippen molar-refractivity contribution in [2.75, 3.05) is 0 Å². The topological polar surface area (TPSA) is 124 Å². The molecule has 128 heavy (non-hydrogen) atoms. The zero-order chi connectivity index (χ0) is 89.6. The second-order valence-electron chi connectivity index (χ2n) is 34.8. The highest BCUT2D eigenvalue weighted by molar-refractivity contribution is 6.17. The molecular weight excluding hydrogens is 1570 g/mol. The number of aryl methyl sites for hydroxylation is 8. The zero-order valence-corrected chi connectivity index (χ0v) is 75.2. The summed E-state index contributed by atoms with van der Waals surface area (Å²) in [6.45, 7) is 41.5. The minimum Gasteiger partial charge on any atom is -0.466 e. The molecule has 8 aromatic heterocycles. The van der Waals surface area contributed by atoms with Crippen molar-refractivity contribution in [2.45, 2.75) is 107 Å². The molecule has 0 amide bonds. The van der Waals surface area contributed by atoms with E-state index < -0.39 is 0 Å². The van der Waals surface area contributed by atoms with Crippen molar-refractivity contribution in [1.82, 2.24) is 0 Å². The highest BCUT2D eigenvalue weighted by atomic mass is 16.3. The molecule has 12 nitrogen and oxygen atoms in total. The van der Waals surface area contributed by atoms with Crippen LogP contribution in [0.5, 0.6) is 0 Å². The molecule has 0 aliphatic rings. The maximum Gasteiger partial charge on any atom is 0.230 e. The third-order valence-electron chi connectivity index (χ3n) is 25.1. The van der Waals surface area contributed by atoms with Crippen molar-refractivity contribution in [1.29, 1.82) is 10.5 Å². The molecule has 20 rings (SSSR count). The highest BCUT2D eigenvalue weighted by Crippen LogP contribution is 2.48. The fourth-order valence-electron chi connectivity index (χ4n) is 17.9. The summed E-state index contributed by atoms with van der Waals surface area (Å²) in [7, 11) is 8.16. The van der Waals surface area contributed by atoms with Gasteiger partial charge in [0.15, 0.2) is 36.1 Å². The van der Waals surface area contributed by atoms with Gasteiger partial charge in [0.25, 0.3) is 0 Å². The molecule has 0 radical (unpaired) electrons. The van der Waals surface area contributed by atoms with Crippen molar-refractivity contribution in [3.05, 3.63) is 370 Å². The van der Waals surface area contributed by atoms with Crippen LogP contribution in [0.3, 0.4) is 0 Å². The van der Waals surface area contributed by atoms with Crippen LogP contribution in [0.4, 0.5) is 11.4 Å². The fraction of sp³-hybridized carbons (Fsp3) is 0.172. The third kappa shape index (κ3) is 15.9. The third-order valence-corrected chi connectivity index (χ3v) is 25.1. The van der Waals surface area contributed by atoms with Gasteiger partial charge in [-0.15, -0.1) is 0 Å². The average molecular weight is 1670 g/mol. The SMILES string of the molecule is Cc1cc(C#N)c2c(oc3cc(-c4ccc(C(C)C)cc4)ccc32)c1-c1cccc[n+]1C.Cc1ccc2c(oc3cc(-c4ccc(C(C)C)cc4)cc(C#N)c32)c1-c1cccc[n+]1C.[C-]#[N+]c1cc(-c2ccc(C(C)C)cc2)cc2c1oc1c(-c3cccc[n+]3C)c(C)ccc12.[C-]#[N+]c1cc2oc3c(-c4cccc[n+]4C)c(C)ccc3c2cc1-c1ccc(C(C)C)cc1. The number of hydrogen-bond acceptors (Lipinski definition) is 6. The van der Waals surface area contributed by atoms with E-state index in [2.05, 4.69) is 310 Å². The Kier molecular flexibility index (Phi) is 23.3. The van der Waals surface area contributed by atoms with Crippen LogP contribution in [-0.2, 0) is 28.2 Å². The maximum atomic E-state index is 9.99. The van der Waals surface area contributed by atoms with Gasteiger partial charge in [-0.05, 0) is 213 Å². The van der Waals surface area contributed by atoms with E-state index in [1.54, 1.807) is 0 Å². The van der Waals surface area contributed by atoms with Crippen molar-refractivity contribution < 1.29 is 35.9 Å². The van der Waals surface area contributed by atoms with Gasteiger partial charge in [-0.25, -0.2) is 28.0 Å². The minimum atomic E-state index is 0.477. The van der Waals surface area contributed by atoms with E-state index in [9.17, 15) is 10.5 Å². The summed E-state index contributed by atoms with van der Waals surface area (Å²) in [5, 5.41) is 27.7. The van der Waals surface area contributed by atoms with Crippen molar-refractivity contribution in [2.24, 2.45) is 28.2 Å². The summed E-state index contributed by atoms with van der Waals surface area (Å²) in [6.07, 6.45) is 8.16. The van der Waals surface area contributed by atoms with E-state index in [1.165, 1.54) is 22.3 Å². The molecule has 0 aliphatic carbocycles. The van der Waals surface area contributed by atoms with Crippen LogP contribution in [0.2, 0.25) is 0 Å². The summed E-state index contributed by atoms with van der Waals surface area (Å²) in [5.41, 5.74) is 35.4. The summed E-state index contributed by atoms with van der Waals surface area (Å²) >= 11 is 0. The predicted molar refractivity (Wildman–Crippen MR) is 520 cm³/mol. The Hall–Kier alpha value is -15.6. The molecule has 624 valence electrons. The van der Waals surface area contributed by atoms with E-state index in [-0.39, 0.29) is 0 Å². The first-order valence-corrected chi connectivity index (χ1v) is 43.7. The van der Waals surface area contributed by atoms with Gasteiger partial charge in [0.05, 0.1) is 58.7 Å². The number of rotatable bonds is 12. The van der Waals surface area contributed by atoms with E-state index in [4.69, 9.17) is 30.8 Å². The molecule has 0 saturated carbocycles. The predicted octanol–water partition coefficient (Wildman–Crippen LogP) is 29.6. The van der Waals surface area contributed by atoms with Gasteiger partial charge in [-0.3, -0.25) is 0 Å². The lowest BCUT2D eigenvalue weighted by molar-refractivity contribution is -0.660. The number of aromatic nitrogens is 4. The van der Waals surface area contributed by atoms with E-state index in [0.29, 0.717) is 51.8 Å². The van der Waals surface area contributed by atoms with Crippen LogP contribution in [0, 0.1) is 63.5 Å². The van der Waals surface area contributed by atoms with Gasteiger partial charge in [0.2, 0.25) is 28.5 Å². The molecule has 12 heteroatoms. The van der Waals surface area contributed by atoms with Crippen LogP contribution < -0.4 is 18.3 Å². The summed E-state index contributed by atoms with van der Waals surface area (Å²) in [5.74, 6) is 1.96. The van der Waals surface area contributed by atoms with Crippen molar-refractivity contribution >= 4 is 99.1 Å².